The van der Waals surface area contributed by atoms with Gasteiger partial charge in [-0.05, 0) is 48.7 Å². The molecule has 0 fully saturated rings. The normalized spacial score (nSPS) is 12.2. The van der Waals surface area contributed by atoms with Crippen LogP contribution in [0.1, 0.15) is 29.7 Å². The molecule has 0 saturated carbocycles. The van der Waals surface area contributed by atoms with Gasteiger partial charge in [-0.3, -0.25) is 0 Å². The quantitative estimate of drug-likeness (QED) is 0.820. The molecule has 0 aliphatic heterocycles. The summed E-state index contributed by atoms with van der Waals surface area (Å²) >= 11 is 12.2. The topological polar surface area (TPSA) is 21.3 Å². The standard InChI is InChI=1S/C17H19Cl2NO/c1-11-8-13(4-7-17(11)21-3)10-20-12(2)15-6-5-14(18)9-16(15)19/h4-9,12,20H,10H2,1-3H3. The van der Waals surface area contributed by atoms with Gasteiger partial charge in [0.25, 0.3) is 0 Å². The van der Waals surface area contributed by atoms with E-state index < -0.39 is 0 Å². The minimum absolute atomic E-state index is 0.150. The molecule has 0 spiro atoms. The Labute approximate surface area is 136 Å². The van der Waals surface area contributed by atoms with Crippen LogP contribution in [-0.4, -0.2) is 7.11 Å². The fraction of sp³-hybridized carbons (Fsp3) is 0.294. The van der Waals surface area contributed by atoms with Crippen LogP contribution in [0.4, 0.5) is 0 Å². The molecule has 112 valence electrons. The van der Waals surface area contributed by atoms with Crippen LogP contribution >= 0.6 is 23.2 Å². The molecule has 0 bridgehead atoms. The molecule has 2 nitrogen and oxygen atoms in total. The average Bonchev–Trinajstić information content (AvgIpc) is 2.45. The van der Waals surface area contributed by atoms with E-state index in [0.717, 1.165) is 23.4 Å². The van der Waals surface area contributed by atoms with Crippen molar-refractivity contribution in [1.29, 1.82) is 0 Å². The molecule has 0 radical (unpaired) electrons. The second kappa shape index (κ2) is 7.17. The summed E-state index contributed by atoms with van der Waals surface area (Å²) in [6, 6.07) is 11.9. The molecule has 1 N–H and O–H groups in total. The van der Waals surface area contributed by atoms with Gasteiger partial charge in [-0.2, -0.15) is 0 Å². The third-order valence-corrected chi connectivity index (χ3v) is 4.06. The molecule has 0 amide bonds. The Hall–Kier alpha value is -1.22. The van der Waals surface area contributed by atoms with Gasteiger partial charge in [0.2, 0.25) is 0 Å². The van der Waals surface area contributed by atoms with E-state index in [-0.39, 0.29) is 6.04 Å². The summed E-state index contributed by atoms with van der Waals surface area (Å²) in [4.78, 5) is 0. The fourth-order valence-electron chi connectivity index (χ4n) is 2.28. The van der Waals surface area contributed by atoms with Crippen LogP contribution in [0.25, 0.3) is 0 Å². The van der Waals surface area contributed by atoms with Crippen LogP contribution < -0.4 is 10.1 Å². The highest BCUT2D eigenvalue weighted by Crippen LogP contribution is 2.26. The summed E-state index contributed by atoms with van der Waals surface area (Å²) in [5, 5.41) is 4.81. The molecule has 0 heterocycles. The fourth-order valence-corrected chi connectivity index (χ4v) is 2.86. The first-order valence-electron chi connectivity index (χ1n) is 6.83. The van der Waals surface area contributed by atoms with E-state index in [1.165, 1.54) is 5.56 Å². The van der Waals surface area contributed by atoms with Crippen molar-refractivity contribution in [2.45, 2.75) is 26.4 Å². The molecule has 0 aliphatic rings. The third kappa shape index (κ3) is 4.13. The second-order valence-electron chi connectivity index (χ2n) is 5.07. The van der Waals surface area contributed by atoms with Crippen molar-refractivity contribution in [2.24, 2.45) is 0 Å². The first-order valence-corrected chi connectivity index (χ1v) is 7.58. The predicted octanol–water partition coefficient (Wildman–Crippen LogP) is 5.16. The van der Waals surface area contributed by atoms with Gasteiger partial charge < -0.3 is 10.1 Å². The predicted molar refractivity (Wildman–Crippen MR) is 89.4 cm³/mol. The van der Waals surface area contributed by atoms with Gasteiger partial charge in [-0.15, -0.1) is 0 Å². The van der Waals surface area contributed by atoms with Gasteiger partial charge in [-0.25, -0.2) is 0 Å². The Balaban J connectivity index is 2.03. The molecule has 2 rings (SSSR count). The van der Waals surface area contributed by atoms with Gasteiger partial charge >= 0.3 is 0 Å². The number of methoxy groups -OCH3 is 1. The van der Waals surface area contributed by atoms with Crippen molar-refractivity contribution in [2.75, 3.05) is 7.11 Å². The van der Waals surface area contributed by atoms with Gasteiger partial charge in [0.15, 0.2) is 0 Å². The summed E-state index contributed by atoms with van der Waals surface area (Å²) in [6.07, 6.45) is 0. The number of ether oxygens (including phenoxy) is 1. The SMILES string of the molecule is COc1ccc(CNC(C)c2ccc(Cl)cc2Cl)cc1C. The molecule has 0 saturated heterocycles. The van der Waals surface area contributed by atoms with Gasteiger partial charge in [0, 0.05) is 22.6 Å². The summed E-state index contributed by atoms with van der Waals surface area (Å²) in [5.74, 6) is 0.910. The highest BCUT2D eigenvalue weighted by Gasteiger charge is 2.10. The van der Waals surface area contributed by atoms with E-state index in [0.29, 0.717) is 10.0 Å². The van der Waals surface area contributed by atoms with Crippen LogP contribution in [0.3, 0.4) is 0 Å². The highest BCUT2D eigenvalue weighted by atomic mass is 35.5. The maximum absolute atomic E-state index is 6.23. The van der Waals surface area contributed by atoms with E-state index in [1.54, 1.807) is 13.2 Å². The zero-order valence-corrected chi connectivity index (χ0v) is 13.9. The van der Waals surface area contributed by atoms with Crippen molar-refractivity contribution >= 4 is 23.2 Å². The van der Waals surface area contributed by atoms with Crippen molar-refractivity contribution in [3.8, 4) is 5.75 Å². The van der Waals surface area contributed by atoms with E-state index in [1.807, 2.05) is 25.1 Å². The summed E-state index contributed by atoms with van der Waals surface area (Å²) < 4.78 is 5.27. The molecular formula is C17H19Cl2NO. The lowest BCUT2D eigenvalue weighted by Crippen LogP contribution is -2.18. The Morgan fingerprint density at radius 2 is 1.90 bits per heavy atom. The second-order valence-corrected chi connectivity index (χ2v) is 5.92. The maximum Gasteiger partial charge on any atom is 0.121 e. The van der Waals surface area contributed by atoms with Crippen molar-refractivity contribution in [3.05, 3.63) is 63.1 Å². The van der Waals surface area contributed by atoms with Gasteiger partial charge in [0.05, 0.1) is 7.11 Å². The number of hydrogen-bond acceptors (Lipinski definition) is 2. The van der Waals surface area contributed by atoms with Crippen LogP contribution in [-0.2, 0) is 6.54 Å². The molecule has 4 heteroatoms. The Morgan fingerprint density at radius 1 is 1.14 bits per heavy atom. The molecular weight excluding hydrogens is 305 g/mol. The molecule has 21 heavy (non-hydrogen) atoms. The Bertz CT molecular complexity index is 628. The number of halogens is 2. The molecule has 2 aromatic carbocycles. The lowest BCUT2D eigenvalue weighted by Gasteiger charge is -2.16. The first kappa shape index (κ1) is 16.2. The first-order chi connectivity index (χ1) is 10.0. The van der Waals surface area contributed by atoms with Crippen LogP contribution in [0.2, 0.25) is 10.0 Å². The third-order valence-electron chi connectivity index (χ3n) is 3.50. The number of nitrogens with one attached hydrogen (secondary N) is 1. The minimum Gasteiger partial charge on any atom is -0.496 e. The smallest absolute Gasteiger partial charge is 0.121 e. The van der Waals surface area contributed by atoms with Crippen LogP contribution in [0, 0.1) is 6.92 Å². The molecule has 0 aliphatic carbocycles. The number of benzene rings is 2. The van der Waals surface area contributed by atoms with Crippen LogP contribution in [0.5, 0.6) is 5.75 Å². The molecule has 2 aromatic rings. The van der Waals surface area contributed by atoms with E-state index >= 15 is 0 Å². The average molecular weight is 324 g/mol. The number of aryl methyl sites for hydroxylation is 1. The maximum atomic E-state index is 6.23. The summed E-state index contributed by atoms with van der Waals surface area (Å²) in [5.41, 5.74) is 3.39. The molecule has 1 unspecified atom stereocenters. The number of rotatable bonds is 5. The van der Waals surface area contributed by atoms with Crippen molar-refractivity contribution < 1.29 is 4.74 Å². The summed E-state index contributed by atoms with van der Waals surface area (Å²) in [6.45, 7) is 4.90. The van der Waals surface area contributed by atoms with Crippen molar-refractivity contribution in [3.63, 3.8) is 0 Å². The lowest BCUT2D eigenvalue weighted by atomic mass is 10.1. The van der Waals surface area contributed by atoms with Crippen molar-refractivity contribution in [1.82, 2.24) is 5.32 Å². The monoisotopic (exact) mass is 323 g/mol. The largest absolute Gasteiger partial charge is 0.496 e. The van der Waals surface area contributed by atoms with Crippen LogP contribution in [0.15, 0.2) is 36.4 Å². The van der Waals surface area contributed by atoms with E-state index in [9.17, 15) is 0 Å². The Kier molecular flexibility index (Phi) is 5.51. The molecule has 0 aromatic heterocycles. The Morgan fingerprint density at radius 3 is 2.52 bits per heavy atom. The van der Waals surface area contributed by atoms with E-state index in [2.05, 4.69) is 24.4 Å². The molecule has 1 atom stereocenters. The highest BCUT2D eigenvalue weighted by molar-refractivity contribution is 6.35. The zero-order chi connectivity index (χ0) is 15.4. The number of hydrogen-bond donors (Lipinski definition) is 1. The minimum atomic E-state index is 0.150. The van der Waals surface area contributed by atoms with Gasteiger partial charge in [-0.1, -0.05) is 41.4 Å². The zero-order valence-electron chi connectivity index (χ0n) is 12.4. The summed E-state index contributed by atoms with van der Waals surface area (Å²) in [7, 11) is 1.69. The lowest BCUT2D eigenvalue weighted by molar-refractivity contribution is 0.411. The van der Waals surface area contributed by atoms with E-state index in [4.69, 9.17) is 27.9 Å². The van der Waals surface area contributed by atoms with Gasteiger partial charge in [0.1, 0.15) is 5.75 Å².